The van der Waals surface area contributed by atoms with E-state index in [1.54, 1.807) is 13.2 Å². The average molecular weight is 149 g/mol. The van der Waals surface area contributed by atoms with Gasteiger partial charge in [-0.1, -0.05) is 0 Å². The molecular formula is C8H11N3. The third-order valence-electron chi connectivity index (χ3n) is 1.25. The number of aromatic amines is 1. The minimum absolute atomic E-state index is 1.07. The van der Waals surface area contributed by atoms with Crippen LogP contribution in [0.3, 0.4) is 0 Å². The van der Waals surface area contributed by atoms with Gasteiger partial charge in [-0.2, -0.15) is 5.10 Å². The normalized spacial score (nSPS) is 12.7. The average Bonchev–Trinajstić information content (AvgIpc) is 2.40. The zero-order valence-electron chi connectivity index (χ0n) is 6.70. The Morgan fingerprint density at radius 3 is 3.09 bits per heavy atom. The second-order valence-electron chi connectivity index (χ2n) is 2.31. The van der Waals surface area contributed by atoms with Gasteiger partial charge in [0, 0.05) is 25.0 Å². The van der Waals surface area contributed by atoms with Crippen LogP contribution in [0.25, 0.3) is 6.08 Å². The summed E-state index contributed by atoms with van der Waals surface area (Å²) in [5.74, 6) is 0. The van der Waals surface area contributed by atoms with E-state index in [0.29, 0.717) is 0 Å². The lowest BCUT2D eigenvalue weighted by Crippen LogP contribution is -1.75. The highest BCUT2D eigenvalue weighted by Gasteiger charge is 1.87. The number of aliphatic imine (C=N–C) groups is 1. The molecule has 0 spiro atoms. The summed E-state index contributed by atoms with van der Waals surface area (Å²) in [6, 6.07) is 0. The molecule has 1 aromatic heterocycles. The van der Waals surface area contributed by atoms with Crippen molar-refractivity contribution in [2.24, 2.45) is 4.99 Å². The van der Waals surface area contributed by atoms with Crippen LogP contribution in [-0.2, 0) is 0 Å². The predicted octanol–water partition coefficient (Wildman–Crippen LogP) is 1.51. The number of nitrogens with zero attached hydrogens (tertiary/aromatic N) is 2. The molecule has 0 bridgehead atoms. The van der Waals surface area contributed by atoms with Gasteiger partial charge >= 0.3 is 0 Å². The number of nitrogens with one attached hydrogen (secondary N) is 1. The molecule has 0 aromatic carbocycles. The monoisotopic (exact) mass is 149 g/mol. The highest BCUT2D eigenvalue weighted by Crippen LogP contribution is 2.01. The standard InChI is InChI=1S/C8H11N3/c1-7(4-9-2)3-8-5-10-11-6-8/h3-6H,1-2H3,(H,10,11)/b7-3-,9-4?. The fraction of sp³-hybridized carbons (Fsp3) is 0.250. The van der Waals surface area contributed by atoms with Crippen molar-refractivity contribution in [3.05, 3.63) is 23.5 Å². The third-order valence-corrected chi connectivity index (χ3v) is 1.25. The first-order chi connectivity index (χ1) is 5.33. The zero-order chi connectivity index (χ0) is 8.10. The molecule has 1 N–H and O–H groups in total. The van der Waals surface area contributed by atoms with Gasteiger partial charge in [0.2, 0.25) is 0 Å². The SMILES string of the molecule is CN=C/C(C)=C\c1cn[nH]c1. The van der Waals surface area contributed by atoms with E-state index in [1.165, 1.54) is 0 Å². The highest BCUT2D eigenvalue weighted by atomic mass is 15.1. The molecule has 0 aliphatic carbocycles. The lowest BCUT2D eigenvalue weighted by Gasteiger charge is -1.86. The van der Waals surface area contributed by atoms with E-state index in [4.69, 9.17) is 0 Å². The van der Waals surface area contributed by atoms with Gasteiger partial charge in [-0.25, -0.2) is 0 Å². The molecule has 11 heavy (non-hydrogen) atoms. The van der Waals surface area contributed by atoms with Crippen LogP contribution in [0, 0.1) is 0 Å². The van der Waals surface area contributed by atoms with Gasteiger partial charge in [-0.3, -0.25) is 10.1 Å². The molecular weight excluding hydrogens is 138 g/mol. The molecule has 0 saturated heterocycles. The van der Waals surface area contributed by atoms with E-state index in [0.717, 1.165) is 11.1 Å². The summed E-state index contributed by atoms with van der Waals surface area (Å²) < 4.78 is 0. The first kappa shape index (κ1) is 7.72. The Morgan fingerprint density at radius 1 is 1.73 bits per heavy atom. The number of allylic oxidation sites excluding steroid dienone is 1. The number of rotatable bonds is 2. The summed E-state index contributed by atoms with van der Waals surface area (Å²) in [5.41, 5.74) is 2.19. The maximum absolute atomic E-state index is 3.89. The van der Waals surface area contributed by atoms with Crippen LogP contribution in [0.2, 0.25) is 0 Å². The van der Waals surface area contributed by atoms with Crippen molar-refractivity contribution in [1.29, 1.82) is 0 Å². The first-order valence-corrected chi connectivity index (χ1v) is 3.42. The van der Waals surface area contributed by atoms with Crippen LogP contribution >= 0.6 is 0 Å². The van der Waals surface area contributed by atoms with Crippen molar-refractivity contribution in [3.63, 3.8) is 0 Å². The van der Waals surface area contributed by atoms with Gasteiger partial charge in [0.15, 0.2) is 0 Å². The molecule has 0 unspecified atom stereocenters. The molecule has 0 atom stereocenters. The number of hydrogen-bond donors (Lipinski definition) is 1. The van der Waals surface area contributed by atoms with Crippen LogP contribution in [0.15, 0.2) is 23.0 Å². The molecule has 0 aliphatic heterocycles. The third kappa shape index (κ3) is 2.37. The Hall–Kier alpha value is -1.38. The lowest BCUT2D eigenvalue weighted by molar-refractivity contribution is 1.09. The molecule has 3 nitrogen and oxygen atoms in total. The number of H-pyrrole nitrogens is 1. The summed E-state index contributed by atoms with van der Waals surface area (Å²) in [6.07, 6.45) is 7.43. The topological polar surface area (TPSA) is 41.0 Å². The quantitative estimate of drug-likeness (QED) is 0.636. The highest BCUT2D eigenvalue weighted by molar-refractivity contribution is 5.84. The summed E-state index contributed by atoms with van der Waals surface area (Å²) in [7, 11) is 1.76. The molecule has 0 aliphatic rings. The lowest BCUT2D eigenvalue weighted by atomic mass is 10.2. The van der Waals surface area contributed by atoms with Crippen LogP contribution in [0.5, 0.6) is 0 Å². The minimum atomic E-state index is 1.07. The molecule has 1 rings (SSSR count). The zero-order valence-corrected chi connectivity index (χ0v) is 6.70. The molecule has 0 saturated carbocycles. The molecule has 1 aromatic rings. The van der Waals surface area contributed by atoms with Crippen LogP contribution < -0.4 is 0 Å². The van der Waals surface area contributed by atoms with E-state index in [1.807, 2.05) is 25.4 Å². The van der Waals surface area contributed by atoms with Gasteiger partial charge in [0.25, 0.3) is 0 Å². The van der Waals surface area contributed by atoms with Crippen molar-refractivity contribution in [2.45, 2.75) is 6.92 Å². The van der Waals surface area contributed by atoms with E-state index in [2.05, 4.69) is 15.2 Å². The second-order valence-corrected chi connectivity index (χ2v) is 2.31. The predicted molar refractivity (Wildman–Crippen MR) is 46.7 cm³/mol. The molecule has 0 radical (unpaired) electrons. The second kappa shape index (κ2) is 3.71. The smallest absolute Gasteiger partial charge is 0.0559 e. The molecule has 3 heteroatoms. The fourth-order valence-electron chi connectivity index (χ4n) is 0.844. The maximum atomic E-state index is 3.89. The molecule has 0 fully saturated rings. The number of hydrogen-bond acceptors (Lipinski definition) is 2. The molecule has 58 valence electrons. The van der Waals surface area contributed by atoms with Gasteiger partial charge in [-0.15, -0.1) is 0 Å². The van der Waals surface area contributed by atoms with Crippen molar-refractivity contribution in [1.82, 2.24) is 10.2 Å². The van der Waals surface area contributed by atoms with Gasteiger partial charge in [0.1, 0.15) is 0 Å². The summed E-state index contributed by atoms with van der Waals surface area (Å²) >= 11 is 0. The molecule has 0 amide bonds. The first-order valence-electron chi connectivity index (χ1n) is 3.42. The van der Waals surface area contributed by atoms with Crippen molar-refractivity contribution in [3.8, 4) is 0 Å². The van der Waals surface area contributed by atoms with Crippen molar-refractivity contribution in [2.75, 3.05) is 7.05 Å². The van der Waals surface area contributed by atoms with Crippen LogP contribution in [-0.4, -0.2) is 23.5 Å². The Balaban J connectivity index is 2.73. The summed E-state index contributed by atoms with van der Waals surface area (Å²) in [6.45, 7) is 2.00. The van der Waals surface area contributed by atoms with Crippen molar-refractivity contribution >= 4 is 12.3 Å². The van der Waals surface area contributed by atoms with E-state index >= 15 is 0 Å². The Kier molecular flexibility index (Phi) is 2.60. The van der Waals surface area contributed by atoms with E-state index < -0.39 is 0 Å². The van der Waals surface area contributed by atoms with Crippen LogP contribution in [0.1, 0.15) is 12.5 Å². The Morgan fingerprint density at radius 2 is 2.55 bits per heavy atom. The van der Waals surface area contributed by atoms with E-state index in [-0.39, 0.29) is 0 Å². The summed E-state index contributed by atoms with van der Waals surface area (Å²) in [5, 5.41) is 6.56. The minimum Gasteiger partial charge on any atom is -0.296 e. The summed E-state index contributed by atoms with van der Waals surface area (Å²) in [4.78, 5) is 3.89. The Labute approximate surface area is 65.9 Å². The van der Waals surface area contributed by atoms with Gasteiger partial charge in [-0.05, 0) is 18.6 Å². The largest absolute Gasteiger partial charge is 0.296 e. The van der Waals surface area contributed by atoms with Gasteiger partial charge < -0.3 is 0 Å². The van der Waals surface area contributed by atoms with Crippen LogP contribution in [0.4, 0.5) is 0 Å². The fourth-order valence-corrected chi connectivity index (χ4v) is 0.844. The number of aromatic nitrogens is 2. The molecule has 1 heterocycles. The Bertz CT molecular complexity index is 257. The van der Waals surface area contributed by atoms with Crippen molar-refractivity contribution < 1.29 is 0 Å². The van der Waals surface area contributed by atoms with Gasteiger partial charge in [0.05, 0.1) is 6.20 Å². The van der Waals surface area contributed by atoms with E-state index in [9.17, 15) is 0 Å². The maximum Gasteiger partial charge on any atom is 0.0559 e.